The van der Waals surface area contributed by atoms with Crippen molar-refractivity contribution in [3.8, 4) is 0 Å². The third-order valence-electron chi connectivity index (χ3n) is 5.58. The average molecular weight is 529 g/mol. The number of aliphatic imine (C=N–C) groups is 1. The van der Waals surface area contributed by atoms with Crippen molar-refractivity contribution in [3.05, 3.63) is 29.6 Å². The van der Waals surface area contributed by atoms with Gasteiger partial charge in [-0.15, -0.1) is 24.0 Å². The summed E-state index contributed by atoms with van der Waals surface area (Å²) >= 11 is 0. The second-order valence-corrected chi connectivity index (χ2v) is 9.14. The maximum Gasteiger partial charge on any atom is 0.410 e. The van der Waals surface area contributed by atoms with Crippen LogP contribution in [0.1, 0.15) is 57.7 Å². The Bertz CT molecular complexity index is 718. The van der Waals surface area contributed by atoms with Crippen molar-refractivity contribution in [2.45, 2.75) is 83.5 Å². The van der Waals surface area contributed by atoms with Gasteiger partial charge in [-0.25, -0.2) is 4.79 Å². The van der Waals surface area contributed by atoms with Crippen LogP contribution in [0.3, 0.4) is 0 Å². The first-order valence-corrected chi connectivity index (χ1v) is 10.6. The fourth-order valence-electron chi connectivity index (χ4n) is 4.27. The number of pyridine rings is 1. The standard InChI is InChI=1S/C22H35N5O2.HI/c1-15-6-7-16(14-25-15)10-11-24-20(23-5)26-17-12-18-8-9-19(13-17)27(18)21(28)29-22(2,3)4;/h6-7,14,17-19H,8-13H2,1-5H3,(H2,23,24,26);1H. The predicted octanol–water partition coefficient (Wildman–Crippen LogP) is 3.65. The van der Waals surface area contributed by atoms with Gasteiger partial charge in [0.1, 0.15) is 5.60 Å². The highest BCUT2D eigenvalue weighted by molar-refractivity contribution is 14.0. The third kappa shape index (κ3) is 6.72. The summed E-state index contributed by atoms with van der Waals surface area (Å²) in [5.41, 5.74) is 1.79. The quantitative estimate of drug-likeness (QED) is 0.354. The maximum absolute atomic E-state index is 12.6. The Morgan fingerprint density at radius 2 is 1.93 bits per heavy atom. The molecule has 3 heterocycles. The van der Waals surface area contributed by atoms with Crippen molar-refractivity contribution in [2.24, 2.45) is 4.99 Å². The van der Waals surface area contributed by atoms with Crippen LogP contribution < -0.4 is 10.6 Å². The molecular formula is C22H36IN5O2. The highest BCUT2D eigenvalue weighted by Crippen LogP contribution is 2.36. The first kappa shape index (κ1) is 24.7. The van der Waals surface area contributed by atoms with Crippen LogP contribution in [0, 0.1) is 6.92 Å². The molecule has 2 fully saturated rings. The van der Waals surface area contributed by atoms with E-state index in [1.165, 1.54) is 5.56 Å². The SMILES string of the molecule is CN=C(NCCc1ccc(C)nc1)NC1CC2CCC(C1)N2C(=O)OC(C)(C)C.I. The van der Waals surface area contributed by atoms with Gasteiger partial charge in [0, 0.05) is 43.6 Å². The molecule has 0 saturated carbocycles. The Morgan fingerprint density at radius 3 is 2.47 bits per heavy atom. The second-order valence-electron chi connectivity index (χ2n) is 9.14. The fraction of sp³-hybridized carbons (Fsp3) is 0.682. The molecule has 2 aliphatic rings. The number of rotatable bonds is 4. The summed E-state index contributed by atoms with van der Waals surface area (Å²) in [5, 5.41) is 6.95. The summed E-state index contributed by atoms with van der Waals surface area (Å²) < 4.78 is 5.62. The number of nitrogens with one attached hydrogen (secondary N) is 2. The van der Waals surface area contributed by atoms with Gasteiger partial charge >= 0.3 is 6.09 Å². The van der Waals surface area contributed by atoms with Gasteiger partial charge in [0.05, 0.1) is 0 Å². The molecule has 2 N–H and O–H groups in total. The minimum atomic E-state index is -0.454. The molecule has 0 radical (unpaired) electrons. The Balaban J connectivity index is 0.00000320. The lowest BCUT2D eigenvalue weighted by molar-refractivity contribution is 0.00545. The third-order valence-corrected chi connectivity index (χ3v) is 5.58. The van der Waals surface area contributed by atoms with Crippen molar-refractivity contribution in [1.29, 1.82) is 0 Å². The van der Waals surface area contributed by atoms with Crippen LogP contribution in [0.5, 0.6) is 0 Å². The highest BCUT2D eigenvalue weighted by Gasteiger charge is 2.45. The van der Waals surface area contributed by atoms with E-state index >= 15 is 0 Å². The zero-order valence-corrected chi connectivity index (χ0v) is 21.1. The second kappa shape index (κ2) is 10.6. The van der Waals surface area contributed by atoms with Crippen molar-refractivity contribution >= 4 is 36.0 Å². The number of piperidine rings is 1. The molecule has 2 aliphatic heterocycles. The molecule has 2 saturated heterocycles. The lowest BCUT2D eigenvalue weighted by Gasteiger charge is -2.40. The van der Waals surface area contributed by atoms with Gasteiger partial charge in [0.2, 0.25) is 0 Å². The van der Waals surface area contributed by atoms with E-state index in [0.29, 0.717) is 6.04 Å². The summed E-state index contributed by atoms with van der Waals surface area (Å²) in [6.07, 6.45) is 6.62. The molecule has 3 rings (SSSR count). The van der Waals surface area contributed by atoms with Crippen LogP contribution in [-0.4, -0.2) is 59.3 Å². The lowest BCUT2D eigenvalue weighted by atomic mass is 9.98. The van der Waals surface area contributed by atoms with Crippen LogP contribution in [0.4, 0.5) is 4.79 Å². The number of amides is 1. The smallest absolute Gasteiger partial charge is 0.410 e. The van der Waals surface area contributed by atoms with E-state index in [1.54, 1.807) is 7.05 Å². The number of hydrogen-bond donors (Lipinski definition) is 2. The molecule has 30 heavy (non-hydrogen) atoms. The molecule has 1 aromatic rings. The highest BCUT2D eigenvalue weighted by atomic mass is 127. The van der Waals surface area contributed by atoms with Gasteiger partial charge in [-0.1, -0.05) is 6.07 Å². The molecule has 7 nitrogen and oxygen atoms in total. The zero-order chi connectivity index (χ0) is 21.0. The molecule has 168 valence electrons. The number of guanidine groups is 1. The number of aromatic nitrogens is 1. The zero-order valence-electron chi connectivity index (χ0n) is 18.8. The molecule has 0 aliphatic carbocycles. The topological polar surface area (TPSA) is 78.9 Å². The molecule has 2 bridgehead atoms. The molecule has 8 heteroatoms. The van der Waals surface area contributed by atoms with E-state index in [1.807, 2.05) is 44.9 Å². The van der Waals surface area contributed by atoms with Crippen molar-refractivity contribution in [3.63, 3.8) is 0 Å². The van der Waals surface area contributed by atoms with Crippen LogP contribution in [-0.2, 0) is 11.2 Å². The summed E-state index contributed by atoms with van der Waals surface area (Å²) in [6, 6.07) is 4.97. The van der Waals surface area contributed by atoms with Crippen molar-refractivity contribution in [2.75, 3.05) is 13.6 Å². The van der Waals surface area contributed by atoms with Gasteiger partial charge in [-0.2, -0.15) is 0 Å². The van der Waals surface area contributed by atoms with Crippen LogP contribution >= 0.6 is 24.0 Å². The summed E-state index contributed by atoms with van der Waals surface area (Å²) in [7, 11) is 1.80. The molecule has 2 atom stereocenters. The summed E-state index contributed by atoms with van der Waals surface area (Å²) in [6.45, 7) is 8.55. The molecular weight excluding hydrogens is 493 g/mol. The molecule has 0 spiro atoms. The maximum atomic E-state index is 12.6. The number of fused-ring (bicyclic) bond motifs is 2. The Labute approximate surface area is 197 Å². The molecule has 0 aromatic carbocycles. The van der Waals surface area contributed by atoms with E-state index in [0.717, 1.165) is 50.3 Å². The Morgan fingerprint density at radius 1 is 1.27 bits per heavy atom. The van der Waals surface area contributed by atoms with E-state index in [-0.39, 0.29) is 42.2 Å². The van der Waals surface area contributed by atoms with Gasteiger partial charge in [-0.05, 0) is 71.4 Å². The van der Waals surface area contributed by atoms with Gasteiger partial charge in [0.25, 0.3) is 0 Å². The van der Waals surface area contributed by atoms with Gasteiger partial charge in [0.15, 0.2) is 5.96 Å². The first-order chi connectivity index (χ1) is 13.7. The van der Waals surface area contributed by atoms with Gasteiger partial charge in [-0.3, -0.25) is 9.98 Å². The molecule has 1 amide bonds. The molecule has 2 unspecified atom stereocenters. The summed E-state index contributed by atoms with van der Waals surface area (Å²) in [5.74, 6) is 0.820. The van der Waals surface area contributed by atoms with Crippen molar-refractivity contribution in [1.82, 2.24) is 20.5 Å². The van der Waals surface area contributed by atoms with Gasteiger partial charge < -0.3 is 20.3 Å². The summed E-state index contributed by atoms with van der Waals surface area (Å²) in [4.78, 5) is 23.3. The largest absolute Gasteiger partial charge is 0.444 e. The van der Waals surface area contributed by atoms with Crippen LogP contribution in [0.2, 0.25) is 0 Å². The van der Waals surface area contributed by atoms with Crippen LogP contribution in [0.15, 0.2) is 23.3 Å². The van der Waals surface area contributed by atoms with E-state index in [4.69, 9.17) is 4.74 Å². The van der Waals surface area contributed by atoms with E-state index < -0.39 is 5.60 Å². The number of carbonyl (C=O) groups is 1. The number of hydrogen-bond acceptors (Lipinski definition) is 4. The predicted molar refractivity (Wildman–Crippen MR) is 130 cm³/mol. The lowest BCUT2D eigenvalue weighted by Crippen LogP contribution is -2.55. The minimum absolute atomic E-state index is 0. The average Bonchev–Trinajstić information content (AvgIpc) is 2.92. The minimum Gasteiger partial charge on any atom is -0.444 e. The van der Waals surface area contributed by atoms with Crippen LogP contribution in [0.25, 0.3) is 0 Å². The first-order valence-electron chi connectivity index (χ1n) is 10.6. The monoisotopic (exact) mass is 529 g/mol. The number of ether oxygens (including phenoxy) is 1. The number of aryl methyl sites for hydroxylation is 1. The normalized spacial score (nSPS) is 23.6. The number of carbonyl (C=O) groups excluding carboxylic acids is 1. The van der Waals surface area contributed by atoms with E-state index in [2.05, 4.69) is 26.7 Å². The Kier molecular flexibility index (Phi) is 8.75. The van der Waals surface area contributed by atoms with E-state index in [9.17, 15) is 4.79 Å². The Hall–Kier alpha value is -1.58. The number of nitrogens with zero attached hydrogens (tertiary/aromatic N) is 3. The fourth-order valence-corrected chi connectivity index (χ4v) is 4.27. The molecule has 1 aromatic heterocycles. The van der Waals surface area contributed by atoms with Crippen molar-refractivity contribution < 1.29 is 9.53 Å². The number of halogens is 1.